The Hall–Kier alpha value is -0.0500. The number of hydrogen-bond donors (Lipinski definition) is 1. The average molecular weight is 212 g/mol. The summed E-state index contributed by atoms with van der Waals surface area (Å²) in [4.78, 5) is 0. The first-order valence-corrected chi connectivity index (χ1v) is 4.86. The number of terminal acetylenes is 1. The van der Waals surface area contributed by atoms with Gasteiger partial charge in [0.1, 0.15) is 4.66 Å². The van der Waals surface area contributed by atoms with Gasteiger partial charge in [0.15, 0.2) is 0 Å². The molecule has 0 aromatic rings. The van der Waals surface area contributed by atoms with Crippen molar-refractivity contribution in [3.63, 3.8) is 0 Å². The van der Waals surface area contributed by atoms with Gasteiger partial charge in [-0.1, -0.05) is 21.9 Å². The van der Waals surface area contributed by atoms with Crippen LogP contribution < -0.4 is 4.72 Å². The van der Waals surface area contributed by atoms with Crippen molar-refractivity contribution in [2.75, 3.05) is 11.2 Å². The van der Waals surface area contributed by atoms with Gasteiger partial charge in [-0.15, -0.1) is 6.42 Å². The van der Waals surface area contributed by atoms with Crippen LogP contribution in [0.3, 0.4) is 0 Å². The smallest absolute Gasteiger partial charge is 0.212 e. The highest BCUT2D eigenvalue weighted by molar-refractivity contribution is 9.10. The van der Waals surface area contributed by atoms with E-state index in [2.05, 4.69) is 26.6 Å². The van der Waals surface area contributed by atoms with Crippen LogP contribution in [0.15, 0.2) is 0 Å². The summed E-state index contributed by atoms with van der Waals surface area (Å²) in [7, 11) is -3.16. The van der Waals surface area contributed by atoms with E-state index in [0.717, 1.165) is 0 Å². The lowest BCUT2D eigenvalue weighted by atomic mass is 10.7. The topological polar surface area (TPSA) is 46.2 Å². The second-order valence-corrected chi connectivity index (χ2v) is 4.36. The van der Waals surface area contributed by atoms with E-state index in [1.807, 2.05) is 0 Å². The van der Waals surface area contributed by atoms with Gasteiger partial charge in [0, 0.05) is 0 Å². The molecule has 0 spiro atoms. The lowest BCUT2D eigenvalue weighted by Crippen LogP contribution is -2.24. The van der Waals surface area contributed by atoms with E-state index in [1.54, 1.807) is 0 Å². The Kier molecular flexibility index (Phi) is 3.86. The number of rotatable bonds is 3. The minimum atomic E-state index is -3.16. The van der Waals surface area contributed by atoms with E-state index in [9.17, 15) is 8.42 Å². The van der Waals surface area contributed by atoms with Crippen molar-refractivity contribution in [2.45, 2.75) is 0 Å². The predicted molar refractivity (Wildman–Crippen MR) is 39.5 cm³/mol. The molecule has 52 valence electrons. The van der Waals surface area contributed by atoms with Crippen molar-refractivity contribution >= 4 is 26.0 Å². The monoisotopic (exact) mass is 211 g/mol. The van der Waals surface area contributed by atoms with E-state index in [1.165, 1.54) is 0 Å². The summed E-state index contributed by atoms with van der Waals surface area (Å²) < 4.78 is 23.0. The van der Waals surface area contributed by atoms with E-state index < -0.39 is 10.0 Å². The molecule has 9 heavy (non-hydrogen) atoms. The molecule has 5 heteroatoms. The number of sulfonamides is 1. The molecule has 0 aliphatic rings. The number of nitrogens with one attached hydrogen (secondary N) is 1. The molecule has 0 unspecified atom stereocenters. The van der Waals surface area contributed by atoms with E-state index in [4.69, 9.17) is 6.42 Å². The van der Waals surface area contributed by atoms with Gasteiger partial charge in [0.2, 0.25) is 10.0 Å². The minimum Gasteiger partial charge on any atom is -0.212 e. The summed E-state index contributed by atoms with van der Waals surface area (Å²) in [6, 6.07) is 0. The Labute approximate surface area is 63.0 Å². The first kappa shape index (κ1) is 8.95. The van der Waals surface area contributed by atoms with E-state index >= 15 is 0 Å². The summed E-state index contributed by atoms with van der Waals surface area (Å²) in [5.74, 6) is 2.15. The molecule has 3 nitrogen and oxygen atoms in total. The highest BCUT2D eigenvalue weighted by Gasteiger charge is 2.03. The van der Waals surface area contributed by atoms with Crippen LogP contribution in [0.25, 0.3) is 0 Å². The lowest BCUT2D eigenvalue weighted by Gasteiger charge is -1.95. The van der Waals surface area contributed by atoms with Gasteiger partial charge in [0.05, 0.1) is 6.54 Å². The third-order valence-corrected chi connectivity index (χ3v) is 3.22. The fraction of sp³-hybridized carbons (Fsp3) is 0.500. The standard InChI is InChI=1S/C4H6BrNO2S/c1-2-3-6-9(7,8)4-5/h1,6H,3-4H2. The Bertz CT molecular complexity index is 203. The molecule has 0 atom stereocenters. The van der Waals surface area contributed by atoms with Gasteiger partial charge >= 0.3 is 0 Å². The number of halogens is 1. The summed E-state index contributed by atoms with van der Waals surface area (Å²) in [6.07, 6.45) is 4.80. The van der Waals surface area contributed by atoms with Crippen LogP contribution in [0.5, 0.6) is 0 Å². The van der Waals surface area contributed by atoms with Crippen molar-refractivity contribution in [3.05, 3.63) is 0 Å². The van der Waals surface area contributed by atoms with E-state index in [-0.39, 0.29) is 11.2 Å². The fourth-order valence-electron chi connectivity index (χ4n) is 0.190. The molecule has 0 bridgehead atoms. The SMILES string of the molecule is C#CCNS(=O)(=O)CBr. The maximum atomic E-state index is 10.5. The Morgan fingerprint density at radius 3 is 2.56 bits per heavy atom. The van der Waals surface area contributed by atoms with Crippen molar-refractivity contribution in [1.29, 1.82) is 0 Å². The van der Waals surface area contributed by atoms with Crippen molar-refractivity contribution in [1.82, 2.24) is 4.72 Å². The number of alkyl halides is 1. The van der Waals surface area contributed by atoms with Crippen LogP contribution in [-0.2, 0) is 10.0 Å². The molecule has 0 rings (SSSR count). The molecule has 0 heterocycles. The molecule has 0 aromatic heterocycles. The summed E-state index contributed by atoms with van der Waals surface area (Å²) in [6.45, 7) is 0.0495. The van der Waals surface area contributed by atoms with Crippen LogP contribution in [0.2, 0.25) is 0 Å². The third-order valence-electron chi connectivity index (χ3n) is 0.538. The molecule has 0 aromatic carbocycles. The molecule has 0 fully saturated rings. The largest absolute Gasteiger partial charge is 0.222 e. The Balaban J connectivity index is 3.78. The zero-order valence-electron chi connectivity index (χ0n) is 4.59. The van der Waals surface area contributed by atoms with Gasteiger partial charge in [0.25, 0.3) is 0 Å². The van der Waals surface area contributed by atoms with Gasteiger partial charge < -0.3 is 0 Å². The van der Waals surface area contributed by atoms with Crippen LogP contribution in [0.1, 0.15) is 0 Å². The molecule has 0 saturated heterocycles. The van der Waals surface area contributed by atoms with Gasteiger partial charge in [-0.3, -0.25) is 0 Å². The van der Waals surface area contributed by atoms with E-state index in [0.29, 0.717) is 0 Å². The molecular formula is C4H6BrNO2S. The fourth-order valence-corrected chi connectivity index (χ4v) is 1.06. The predicted octanol–water partition coefficient (Wildman–Crippen LogP) is -0.109. The zero-order chi connectivity index (χ0) is 7.33. The van der Waals surface area contributed by atoms with Crippen LogP contribution >= 0.6 is 15.9 Å². The Morgan fingerprint density at radius 1 is 1.67 bits per heavy atom. The first-order chi connectivity index (χ1) is 4.12. The normalized spacial score (nSPS) is 10.7. The minimum absolute atomic E-state index is 0.0495. The average Bonchev–Trinajstić information content (AvgIpc) is 1.84. The third kappa shape index (κ3) is 4.45. The maximum Gasteiger partial charge on any atom is 0.222 e. The molecule has 0 aliphatic heterocycles. The van der Waals surface area contributed by atoms with Gasteiger partial charge in [-0.25, -0.2) is 13.1 Å². The lowest BCUT2D eigenvalue weighted by molar-refractivity contribution is 0.591. The van der Waals surface area contributed by atoms with Crippen molar-refractivity contribution in [3.8, 4) is 12.3 Å². The van der Waals surface area contributed by atoms with Crippen molar-refractivity contribution < 1.29 is 8.42 Å². The molecule has 0 amide bonds. The van der Waals surface area contributed by atoms with Crippen LogP contribution in [0, 0.1) is 12.3 Å². The summed E-state index contributed by atoms with van der Waals surface area (Å²) >= 11 is 2.78. The molecule has 0 radical (unpaired) electrons. The van der Waals surface area contributed by atoms with Crippen molar-refractivity contribution in [2.24, 2.45) is 0 Å². The zero-order valence-corrected chi connectivity index (χ0v) is 7.00. The second-order valence-electron chi connectivity index (χ2n) is 1.25. The molecule has 0 saturated carbocycles. The second kappa shape index (κ2) is 3.88. The Morgan fingerprint density at radius 2 is 2.22 bits per heavy atom. The summed E-state index contributed by atoms with van der Waals surface area (Å²) in [5, 5.41) is 0. The molecule has 0 aliphatic carbocycles. The molecule has 1 N–H and O–H groups in total. The van der Waals surface area contributed by atoms with Crippen LogP contribution in [0.4, 0.5) is 0 Å². The van der Waals surface area contributed by atoms with Crippen LogP contribution in [-0.4, -0.2) is 19.6 Å². The van der Waals surface area contributed by atoms with Gasteiger partial charge in [-0.05, 0) is 0 Å². The highest BCUT2D eigenvalue weighted by atomic mass is 79.9. The molecular weight excluding hydrogens is 206 g/mol. The highest BCUT2D eigenvalue weighted by Crippen LogP contribution is 1.88. The number of hydrogen-bond acceptors (Lipinski definition) is 2. The maximum absolute atomic E-state index is 10.5. The van der Waals surface area contributed by atoms with Gasteiger partial charge in [-0.2, -0.15) is 0 Å². The first-order valence-electron chi connectivity index (χ1n) is 2.09. The quantitative estimate of drug-likeness (QED) is 0.524. The summed E-state index contributed by atoms with van der Waals surface area (Å²) in [5.41, 5.74) is 0.